The predicted octanol–water partition coefficient (Wildman–Crippen LogP) is 5.72. The molecule has 2 radical (unpaired) electrons. The fourth-order valence-electron chi connectivity index (χ4n) is 4.26. The molecule has 29 heavy (non-hydrogen) atoms. The molecular weight excluding hydrogens is 506 g/mol. The maximum absolute atomic E-state index is 12.2. The molecule has 4 aromatic rings. The minimum atomic E-state index is -1.19. The van der Waals surface area contributed by atoms with Crippen molar-refractivity contribution >= 4 is 0 Å². The quantitative estimate of drug-likeness (QED) is 0.332. The Morgan fingerprint density at radius 1 is 0.690 bits per heavy atom. The van der Waals surface area contributed by atoms with Gasteiger partial charge in [0.1, 0.15) is 0 Å². The Hall–Kier alpha value is -0.952. The van der Waals surface area contributed by atoms with E-state index in [1.165, 1.54) is 0 Å². The first-order valence-electron chi connectivity index (χ1n) is 9.19. The normalized spacial score (nSPS) is 16.2. The SMILES string of the molecule is Cc1ccc2c(c1)C(O)(c1ccccc1-c1ccccc1)c1c[c-]ccc1-2.[Y].[Y]. The van der Waals surface area contributed by atoms with Crippen molar-refractivity contribution in [3.8, 4) is 22.3 Å². The second-order valence-electron chi connectivity index (χ2n) is 7.14. The number of hydrogen-bond donors (Lipinski definition) is 1. The Morgan fingerprint density at radius 2 is 1.38 bits per heavy atom. The van der Waals surface area contributed by atoms with Crippen LogP contribution in [0.4, 0.5) is 0 Å². The summed E-state index contributed by atoms with van der Waals surface area (Å²) < 4.78 is 0. The van der Waals surface area contributed by atoms with Crippen LogP contribution in [0.5, 0.6) is 0 Å². The predicted molar refractivity (Wildman–Crippen MR) is 109 cm³/mol. The van der Waals surface area contributed by atoms with Crippen molar-refractivity contribution in [1.82, 2.24) is 0 Å². The average Bonchev–Trinajstić information content (AvgIpc) is 2.98. The number of aryl methyl sites for hydroxylation is 1. The molecule has 1 aliphatic carbocycles. The van der Waals surface area contributed by atoms with Gasteiger partial charge in [0.25, 0.3) is 0 Å². The van der Waals surface area contributed by atoms with Crippen LogP contribution >= 0.6 is 0 Å². The number of fused-ring (bicyclic) bond motifs is 3. The molecule has 0 fully saturated rings. The van der Waals surface area contributed by atoms with Crippen molar-refractivity contribution < 1.29 is 70.5 Å². The van der Waals surface area contributed by atoms with Crippen LogP contribution in [0, 0.1) is 13.0 Å². The van der Waals surface area contributed by atoms with Crippen molar-refractivity contribution in [3.05, 3.63) is 119 Å². The van der Waals surface area contributed by atoms with E-state index in [4.69, 9.17) is 0 Å². The van der Waals surface area contributed by atoms with Gasteiger partial charge in [-0.25, -0.2) is 0 Å². The minimum absolute atomic E-state index is 0. The Labute approximate surface area is 222 Å². The summed E-state index contributed by atoms with van der Waals surface area (Å²) in [5.74, 6) is 0. The van der Waals surface area contributed by atoms with E-state index in [0.717, 1.165) is 44.5 Å². The van der Waals surface area contributed by atoms with Gasteiger partial charge in [0.2, 0.25) is 0 Å². The van der Waals surface area contributed by atoms with Crippen LogP contribution in [0.25, 0.3) is 22.3 Å². The summed E-state index contributed by atoms with van der Waals surface area (Å²) in [7, 11) is 0. The zero-order chi connectivity index (χ0) is 18.4. The Kier molecular flexibility index (Phi) is 7.09. The molecule has 3 heteroatoms. The molecule has 0 aliphatic heterocycles. The molecule has 0 heterocycles. The van der Waals surface area contributed by atoms with Crippen LogP contribution in [-0.4, -0.2) is 5.11 Å². The van der Waals surface area contributed by atoms with Crippen molar-refractivity contribution in [1.29, 1.82) is 0 Å². The third-order valence-corrected chi connectivity index (χ3v) is 5.51. The van der Waals surface area contributed by atoms with Gasteiger partial charge < -0.3 is 5.11 Å². The maximum atomic E-state index is 12.2. The van der Waals surface area contributed by atoms with Crippen LogP contribution in [0.3, 0.4) is 0 Å². The van der Waals surface area contributed by atoms with Crippen molar-refractivity contribution in [2.45, 2.75) is 12.5 Å². The molecule has 1 unspecified atom stereocenters. The number of aliphatic hydroxyl groups is 1. The number of hydrogen-bond acceptors (Lipinski definition) is 1. The number of rotatable bonds is 2. The van der Waals surface area contributed by atoms with Crippen LogP contribution in [-0.2, 0) is 71.0 Å². The van der Waals surface area contributed by atoms with E-state index >= 15 is 0 Å². The van der Waals surface area contributed by atoms with E-state index in [1.54, 1.807) is 0 Å². The summed E-state index contributed by atoms with van der Waals surface area (Å²) in [5.41, 5.74) is 7.01. The summed E-state index contributed by atoms with van der Waals surface area (Å²) in [5, 5.41) is 12.2. The van der Waals surface area contributed by atoms with Crippen molar-refractivity contribution in [3.63, 3.8) is 0 Å². The second kappa shape index (κ2) is 9.04. The van der Waals surface area contributed by atoms with Crippen molar-refractivity contribution in [2.75, 3.05) is 0 Å². The average molecular weight is 525 g/mol. The zero-order valence-electron chi connectivity index (χ0n) is 16.3. The first-order chi connectivity index (χ1) is 13.2. The topological polar surface area (TPSA) is 20.2 Å². The zero-order valence-corrected chi connectivity index (χ0v) is 21.9. The second-order valence-corrected chi connectivity index (χ2v) is 7.14. The summed E-state index contributed by atoms with van der Waals surface area (Å²) in [6.45, 7) is 2.07. The third kappa shape index (κ3) is 3.66. The van der Waals surface area contributed by atoms with Gasteiger partial charge in [0.05, 0.1) is 5.60 Å². The van der Waals surface area contributed by atoms with Gasteiger partial charge in [-0.15, -0.1) is 11.1 Å². The Morgan fingerprint density at radius 3 is 2.17 bits per heavy atom. The molecule has 5 rings (SSSR count). The van der Waals surface area contributed by atoms with Crippen LogP contribution in [0.15, 0.2) is 91.0 Å². The molecule has 0 bridgehead atoms. The molecular formula is C26H19OY2-. The first-order valence-corrected chi connectivity index (χ1v) is 9.19. The van der Waals surface area contributed by atoms with Gasteiger partial charge in [-0.05, 0) is 34.7 Å². The van der Waals surface area contributed by atoms with E-state index in [-0.39, 0.29) is 65.4 Å². The molecule has 1 aliphatic rings. The van der Waals surface area contributed by atoms with E-state index in [1.807, 2.05) is 54.6 Å². The molecule has 1 nitrogen and oxygen atoms in total. The van der Waals surface area contributed by atoms with E-state index in [2.05, 4.69) is 49.4 Å². The van der Waals surface area contributed by atoms with Gasteiger partial charge >= 0.3 is 0 Å². The summed E-state index contributed by atoms with van der Waals surface area (Å²) >= 11 is 0. The molecule has 1 N–H and O–H groups in total. The van der Waals surface area contributed by atoms with E-state index < -0.39 is 5.60 Å². The monoisotopic (exact) mass is 525 g/mol. The Bertz CT molecular complexity index is 1150. The van der Waals surface area contributed by atoms with Gasteiger partial charge in [0.15, 0.2) is 0 Å². The van der Waals surface area contributed by atoms with E-state index in [0.29, 0.717) is 0 Å². The molecule has 1 atom stereocenters. The third-order valence-electron chi connectivity index (χ3n) is 5.51. The molecule has 136 valence electrons. The summed E-state index contributed by atoms with van der Waals surface area (Å²) in [4.78, 5) is 0. The standard InChI is InChI=1S/C26H19O.2Y/c1-18-15-16-22-21-12-6-8-14-24(21)26(27,25(22)17-18)23-13-7-5-11-20(23)19-9-3-2-4-10-19;;/h2-7,9-17,27H,1H3;;/q-1;;. The largest absolute Gasteiger partial charge is 0.388 e. The van der Waals surface area contributed by atoms with Crippen molar-refractivity contribution in [2.24, 2.45) is 0 Å². The summed E-state index contributed by atoms with van der Waals surface area (Å²) in [6, 6.07) is 33.8. The first kappa shape index (κ1) is 22.7. The van der Waals surface area contributed by atoms with E-state index in [9.17, 15) is 5.11 Å². The number of benzene rings is 4. The van der Waals surface area contributed by atoms with Gasteiger partial charge in [-0.1, -0.05) is 78.4 Å². The fraction of sp³-hybridized carbons (Fsp3) is 0.0769. The molecule has 4 aromatic carbocycles. The van der Waals surface area contributed by atoms with Gasteiger partial charge in [-0.3, -0.25) is 0 Å². The van der Waals surface area contributed by atoms with Crippen LogP contribution in [0.1, 0.15) is 22.3 Å². The molecule has 0 saturated carbocycles. The van der Waals surface area contributed by atoms with Crippen LogP contribution in [0.2, 0.25) is 0 Å². The molecule has 0 aromatic heterocycles. The maximum Gasteiger partial charge on any atom is 0.0980 e. The fourth-order valence-corrected chi connectivity index (χ4v) is 4.26. The molecule has 0 saturated heterocycles. The summed E-state index contributed by atoms with van der Waals surface area (Å²) in [6.07, 6.45) is 0. The molecule has 0 amide bonds. The Balaban J connectivity index is 0.00000120. The smallest absolute Gasteiger partial charge is 0.0980 e. The minimum Gasteiger partial charge on any atom is -0.388 e. The van der Waals surface area contributed by atoms with Gasteiger partial charge in [-0.2, -0.15) is 24.3 Å². The van der Waals surface area contributed by atoms with Gasteiger partial charge in [0, 0.05) is 65.4 Å². The van der Waals surface area contributed by atoms with Crippen LogP contribution < -0.4 is 0 Å². The molecule has 0 spiro atoms.